The monoisotopic (exact) mass is 324 g/mol. The Bertz CT molecular complexity index is 577. The lowest BCUT2D eigenvalue weighted by atomic mass is 10.3. The van der Waals surface area contributed by atoms with Crippen molar-refractivity contribution in [3.63, 3.8) is 0 Å². The summed E-state index contributed by atoms with van der Waals surface area (Å²) in [5, 5.41) is 18.3. The van der Waals surface area contributed by atoms with Gasteiger partial charge in [0.15, 0.2) is 0 Å². The van der Waals surface area contributed by atoms with Gasteiger partial charge in [0.2, 0.25) is 11.7 Å². The van der Waals surface area contributed by atoms with E-state index in [1.807, 2.05) is 6.92 Å². The lowest BCUT2D eigenvalue weighted by Gasteiger charge is -2.34. The summed E-state index contributed by atoms with van der Waals surface area (Å²) in [4.78, 5) is 27.1. The number of aryl methyl sites for hydroxylation is 2. The van der Waals surface area contributed by atoms with Gasteiger partial charge in [-0.3, -0.25) is 14.9 Å². The molecule has 23 heavy (non-hydrogen) atoms. The third kappa shape index (κ3) is 3.79. The van der Waals surface area contributed by atoms with E-state index in [2.05, 4.69) is 22.2 Å². The predicted octanol–water partition coefficient (Wildman–Crippen LogP) is 0.696. The molecule has 0 bridgehead atoms. The highest BCUT2D eigenvalue weighted by Crippen LogP contribution is 2.27. The maximum Gasteiger partial charge on any atom is 0.333 e. The average molecular weight is 324 g/mol. The van der Waals surface area contributed by atoms with Crippen LogP contribution in [0.3, 0.4) is 0 Å². The van der Waals surface area contributed by atoms with E-state index in [-0.39, 0.29) is 18.1 Å². The van der Waals surface area contributed by atoms with Crippen LogP contribution in [0.1, 0.15) is 19.5 Å². The molecular formula is C14H24N6O3. The Morgan fingerprint density at radius 3 is 2.43 bits per heavy atom. The van der Waals surface area contributed by atoms with E-state index in [1.54, 1.807) is 11.8 Å². The Kier molecular flexibility index (Phi) is 5.54. The zero-order valence-electron chi connectivity index (χ0n) is 13.9. The summed E-state index contributed by atoms with van der Waals surface area (Å²) in [6.45, 7) is 10.2. The number of nitro groups is 1. The second-order valence-electron chi connectivity index (χ2n) is 5.52. The third-order valence-electron chi connectivity index (χ3n) is 4.16. The van der Waals surface area contributed by atoms with Crippen molar-refractivity contribution >= 4 is 17.4 Å². The summed E-state index contributed by atoms with van der Waals surface area (Å²) in [5.74, 6) is 0.257. The number of aromatic nitrogens is 2. The fourth-order valence-electron chi connectivity index (χ4n) is 2.78. The van der Waals surface area contributed by atoms with E-state index in [0.29, 0.717) is 31.1 Å². The molecule has 0 unspecified atom stereocenters. The normalized spacial score (nSPS) is 15.7. The Labute approximate surface area is 135 Å². The minimum absolute atomic E-state index is 0.0398. The fourth-order valence-corrected chi connectivity index (χ4v) is 2.78. The molecule has 0 aromatic carbocycles. The first-order valence-electron chi connectivity index (χ1n) is 7.93. The van der Waals surface area contributed by atoms with Gasteiger partial charge in [0.25, 0.3) is 0 Å². The summed E-state index contributed by atoms with van der Waals surface area (Å²) in [7, 11) is 0. The molecule has 0 radical (unpaired) electrons. The van der Waals surface area contributed by atoms with Crippen LogP contribution in [0.25, 0.3) is 0 Å². The van der Waals surface area contributed by atoms with E-state index >= 15 is 0 Å². The van der Waals surface area contributed by atoms with Crippen molar-refractivity contribution in [1.82, 2.24) is 19.6 Å². The van der Waals surface area contributed by atoms with Gasteiger partial charge < -0.3 is 15.1 Å². The number of amides is 1. The van der Waals surface area contributed by atoms with Gasteiger partial charge in [-0.15, -0.1) is 0 Å². The summed E-state index contributed by atoms with van der Waals surface area (Å²) in [5.41, 5.74) is 0.291. The molecule has 0 spiro atoms. The van der Waals surface area contributed by atoms with Crippen molar-refractivity contribution in [1.29, 1.82) is 0 Å². The van der Waals surface area contributed by atoms with Crippen molar-refractivity contribution < 1.29 is 9.72 Å². The number of hydrogen-bond donors (Lipinski definition) is 1. The Hall–Kier alpha value is -2.16. The zero-order chi connectivity index (χ0) is 17.0. The number of piperazine rings is 1. The number of nitrogens with one attached hydrogen (secondary N) is 1. The van der Waals surface area contributed by atoms with Gasteiger partial charge in [-0.05, 0) is 20.4 Å². The van der Waals surface area contributed by atoms with Crippen LogP contribution in [0, 0.1) is 17.0 Å². The maximum absolute atomic E-state index is 12.3. The van der Waals surface area contributed by atoms with Gasteiger partial charge in [0.1, 0.15) is 5.69 Å². The molecule has 2 rings (SSSR count). The van der Waals surface area contributed by atoms with E-state index in [4.69, 9.17) is 0 Å². The van der Waals surface area contributed by atoms with Gasteiger partial charge in [0, 0.05) is 32.7 Å². The molecule has 9 heteroatoms. The lowest BCUT2D eigenvalue weighted by Crippen LogP contribution is -2.49. The summed E-state index contributed by atoms with van der Waals surface area (Å²) in [6, 6.07) is 0. The molecular weight excluding hydrogens is 300 g/mol. The van der Waals surface area contributed by atoms with Crippen molar-refractivity contribution in [3.05, 3.63) is 15.8 Å². The third-order valence-corrected chi connectivity index (χ3v) is 4.16. The number of likely N-dealkylation sites (N-methyl/N-ethyl adjacent to an activating group) is 1. The first-order chi connectivity index (χ1) is 11.0. The van der Waals surface area contributed by atoms with Crippen LogP contribution < -0.4 is 5.32 Å². The topological polar surface area (TPSA) is 96.5 Å². The highest BCUT2D eigenvalue weighted by Gasteiger charge is 2.26. The Morgan fingerprint density at radius 2 is 1.91 bits per heavy atom. The quantitative estimate of drug-likeness (QED) is 0.611. The number of anilines is 1. The smallest absolute Gasteiger partial charge is 0.333 e. The number of rotatable bonds is 6. The molecule has 1 fully saturated rings. The molecule has 0 aliphatic carbocycles. The van der Waals surface area contributed by atoms with Crippen LogP contribution >= 0.6 is 0 Å². The number of carbonyl (C=O) groups is 1. The molecule has 2 heterocycles. The SMILES string of the molecule is CCN1CCN(C(=O)CNc2c([N+](=O)[O-])c(C)nn2CC)CC1. The van der Waals surface area contributed by atoms with Crippen molar-refractivity contribution in [3.8, 4) is 0 Å². The average Bonchev–Trinajstić information content (AvgIpc) is 2.88. The minimum Gasteiger partial charge on any atom is -0.355 e. The van der Waals surface area contributed by atoms with Crippen LogP contribution in [0.4, 0.5) is 11.5 Å². The summed E-state index contributed by atoms with van der Waals surface area (Å²) in [6.07, 6.45) is 0. The summed E-state index contributed by atoms with van der Waals surface area (Å²) >= 11 is 0. The van der Waals surface area contributed by atoms with E-state index in [1.165, 1.54) is 4.68 Å². The first-order valence-corrected chi connectivity index (χ1v) is 7.93. The zero-order valence-corrected chi connectivity index (χ0v) is 13.9. The van der Waals surface area contributed by atoms with Crippen LogP contribution in [0.2, 0.25) is 0 Å². The Morgan fingerprint density at radius 1 is 1.26 bits per heavy atom. The molecule has 9 nitrogen and oxygen atoms in total. The number of carbonyl (C=O) groups excluding carboxylic acids is 1. The molecule has 1 saturated heterocycles. The lowest BCUT2D eigenvalue weighted by molar-refractivity contribution is -0.384. The molecule has 128 valence electrons. The van der Waals surface area contributed by atoms with Crippen molar-refractivity contribution in [2.75, 3.05) is 44.6 Å². The fraction of sp³-hybridized carbons (Fsp3) is 0.714. The van der Waals surface area contributed by atoms with Crippen molar-refractivity contribution in [2.24, 2.45) is 0 Å². The highest BCUT2D eigenvalue weighted by atomic mass is 16.6. The van der Waals surface area contributed by atoms with Crippen LogP contribution in [0.15, 0.2) is 0 Å². The minimum atomic E-state index is -0.457. The van der Waals surface area contributed by atoms with Gasteiger partial charge in [0.05, 0.1) is 11.5 Å². The largest absolute Gasteiger partial charge is 0.355 e. The van der Waals surface area contributed by atoms with Crippen LogP contribution in [0.5, 0.6) is 0 Å². The van der Waals surface area contributed by atoms with E-state index in [0.717, 1.165) is 19.6 Å². The van der Waals surface area contributed by atoms with Crippen LogP contribution in [-0.4, -0.2) is 69.7 Å². The highest BCUT2D eigenvalue weighted by molar-refractivity contribution is 5.81. The second-order valence-corrected chi connectivity index (χ2v) is 5.52. The van der Waals surface area contributed by atoms with Crippen LogP contribution in [-0.2, 0) is 11.3 Å². The molecule has 1 aromatic rings. The Balaban J connectivity index is 2.01. The summed E-state index contributed by atoms with van der Waals surface area (Å²) < 4.78 is 1.52. The molecule has 0 saturated carbocycles. The predicted molar refractivity (Wildman–Crippen MR) is 86.5 cm³/mol. The number of nitrogens with zero attached hydrogens (tertiary/aromatic N) is 5. The van der Waals surface area contributed by atoms with Gasteiger partial charge >= 0.3 is 5.69 Å². The molecule has 1 N–H and O–H groups in total. The maximum atomic E-state index is 12.3. The van der Waals surface area contributed by atoms with Gasteiger partial charge in [-0.25, -0.2) is 4.68 Å². The van der Waals surface area contributed by atoms with E-state index < -0.39 is 4.92 Å². The van der Waals surface area contributed by atoms with Crippen molar-refractivity contribution in [2.45, 2.75) is 27.3 Å². The molecule has 0 atom stereocenters. The van der Waals surface area contributed by atoms with Gasteiger partial charge in [-0.1, -0.05) is 6.92 Å². The molecule has 1 aromatic heterocycles. The molecule has 1 aliphatic rings. The molecule has 1 aliphatic heterocycles. The van der Waals surface area contributed by atoms with E-state index in [9.17, 15) is 14.9 Å². The standard InChI is InChI=1S/C14H24N6O3/c1-4-17-6-8-18(9-7-17)12(21)10-15-14-13(20(22)23)11(3)16-19(14)5-2/h15H,4-10H2,1-3H3. The second kappa shape index (κ2) is 7.40. The molecule has 1 amide bonds. The first kappa shape index (κ1) is 17.2. The van der Waals surface area contributed by atoms with Gasteiger partial charge in [-0.2, -0.15) is 5.10 Å². The number of hydrogen-bond acceptors (Lipinski definition) is 6.